The Hall–Kier alpha value is -1.95. The van der Waals surface area contributed by atoms with Gasteiger partial charge in [0.15, 0.2) is 0 Å². The fraction of sp³-hybridized carbons (Fsp3) is 0.357. The minimum Gasteiger partial charge on any atom is -0.497 e. The Morgan fingerprint density at radius 2 is 2.10 bits per heavy atom. The zero-order valence-electron chi connectivity index (χ0n) is 11.3. The van der Waals surface area contributed by atoms with Crippen LogP contribution in [0.3, 0.4) is 0 Å². The quantitative estimate of drug-likeness (QED) is 0.884. The van der Waals surface area contributed by atoms with Crippen molar-refractivity contribution in [1.29, 1.82) is 0 Å². The Morgan fingerprint density at radius 3 is 2.75 bits per heavy atom. The highest BCUT2D eigenvalue weighted by Gasteiger charge is 2.09. The van der Waals surface area contributed by atoms with Crippen LogP contribution in [0.5, 0.6) is 5.75 Å². The molecule has 1 heterocycles. The number of nitrogens with zero attached hydrogens (tertiary/aromatic N) is 1. The number of aromatic nitrogens is 1. The largest absolute Gasteiger partial charge is 0.497 e. The van der Waals surface area contributed by atoms with Gasteiger partial charge >= 0.3 is 0 Å². The second kappa shape index (κ2) is 6.47. The fourth-order valence-corrected chi connectivity index (χ4v) is 1.90. The van der Waals surface area contributed by atoms with Gasteiger partial charge in [-0.15, -0.1) is 0 Å². The van der Waals surface area contributed by atoms with Gasteiger partial charge in [-0.05, 0) is 18.2 Å². The van der Waals surface area contributed by atoms with Crippen LogP contribution in [0, 0.1) is 0 Å². The van der Waals surface area contributed by atoms with Crippen LogP contribution in [-0.2, 0) is 11.3 Å². The fourth-order valence-electron chi connectivity index (χ4n) is 1.90. The van der Waals surface area contributed by atoms with Crippen molar-refractivity contribution in [1.82, 2.24) is 4.98 Å². The molecule has 1 N–H and O–H groups in total. The zero-order valence-corrected chi connectivity index (χ0v) is 11.3. The second-order valence-electron chi connectivity index (χ2n) is 4.21. The molecule has 2 aromatic rings. The molecule has 2 rings (SSSR count). The van der Waals surface area contributed by atoms with Crippen molar-refractivity contribution in [2.24, 2.45) is 0 Å². The Bertz CT molecular complexity index is 591. The van der Waals surface area contributed by atoms with Gasteiger partial charge in [-0.1, -0.05) is 0 Å². The summed E-state index contributed by atoms with van der Waals surface area (Å²) < 4.78 is 34.3. The van der Waals surface area contributed by atoms with Crippen LogP contribution in [0.2, 0.25) is 0 Å². The maximum atomic E-state index is 12.1. The number of hydrogen-bond acceptors (Lipinski definition) is 4. The number of fused-ring (bicyclic) bond motifs is 1. The van der Waals surface area contributed by atoms with Crippen molar-refractivity contribution in [3.05, 3.63) is 29.8 Å². The van der Waals surface area contributed by atoms with Crippen LogP contribution >= 0.6 is 0 Å². The molecule has 20 heavy (non-hydrogen) atoms. The summed E-state index contributed by atoms with van der Waals surface area (Å²) in [6.07, 6.45) is -2.47. The molecule has 108 valence electrons. The van der Waals surface area contributed by atoms with E-state index in [1.165, 1.54) is 0 Å². The average Bonchev–Trinajstić information content (AvgIpc) is 2.45. The molecule has 0 amide bonds. The number of nitrogens with one attached hydrogen (secondary N) is 1. The van der Waals surface area contributed by atoms with E-state index in [9.17, 15) is 8.78 Å². The highest BCUT2D eigenvalue weighted by atomic mass is 19.3. The number of halogens is 2. The van der Waals surface area contributed by atoms with Gasteiger partial charge in [0.25, 0.3) is 6.43 Å². The first kappa shape index (κ1) is 14.5. The highest BCUT2D eigenvalue weighted by Crippen LogP contribution is 2.24. The van der Waals surface area contributed by atoms with Gasteiger partial charge < -0.3 is 14.8 Å². The first-order valence-electron chi connectivity index (χ1n) is 6.15. The Morgan fingerprint density at radius 1 is 1.30 bits per heavy atom. The van der Waals surface area contributed by atoms with Gasteiger partial charge in [0.2, 0.25) is 0 Å². The molecule has 1 aromatic heterocycles. The lowest BCUT2D eigenvalue weighted by molar-refractivity contribution is 0.0100. The van der Waals surface area contributed by atoms with Gasteiger partial charge in [0.05, 0.1) is 19.2 Å². The van der Waals surface area contributed by atoms with E-state index in [0.717, 1.165) is 16.5 Å². The number of pyridine rings is 1. The van der Waals surface area contributed by atoms with Gasteiger partial charge in [-0.3, -0.25) is 0 Å². The van der Waals surface area contributed by atoms with Crippen molar-refractivity contribution >= 4 is 16.7 Å². The minimum atomic E-state index is -2.47. The topological polar surface area (TPSA) is 43.4 Å². The highest BCUT2D eigenvalue weighted by molar-refractivity contribution is 5.83. The molecule has 1 aromatic carbocycles. The maximum absolute atomic E-state index is 12.1. The lowest BCUT2D eigenvalue weighted by Crippen LogP contribution is -2.06. The predicted octanol–water partition coefficient (Wildman–Crippen LogP) is 3.07. The van der Waals surface area contributed by atoms with E-state index in [-0.39, 0.29) is 6.61 Å². The van der Waals surface area contributed by atoms with Crippen molar-refractivity contribution in [2.75, 3.05) is 26.1 Å². The van der Waals surface area contributed by atoms with Crippen LogP contribution in [0.4, 0.5) is 14.6 Å². The molecule has 0 atom stereocenters. The van der Waals surface area contributed by atoms with Crippen LogP contribution < -0.4 is 10.1 Å². The van der Waals surface area contributed by atoms with E-state index in [2.05, 4.69) is 10.3 Å². The summed E-state index contributed by atoms with van der Waals surface area (Å²) >= 11 is 0. The third-order valence-electron chi connectivity index (χ3n) is 2.84. The summed E-state index contributed by atoms with van der Waals surface area (Å²) in [4.78, 5) is 4.44. The molecular weight excluding hydrogens is 266 g/mol. The molecule has 0 unspecified atom stereocenters. The van der Waals surface area contributed by atoms with Crippen molar-refractivity contribution in [3.8, 4) is 5.75 Å². The standard InChI is InChI=1S/C14H16F2N2O2/c1-17-14-10(7-20-8-13(15)16)5-9-3-4-11(19-2)6-12(9)18-14/h3-6,13H,7-8H2,1-2H3,(H,17,18). The van der Waals surface area contributed by atoms with Crippen LogP contribution in [-0.4, -0.2) is 32.2 Å². The van der Waals surface area contributed by atoms with E-state index in [1.807, 2.05) is 24.3 Å². The van der Waals surface area contributed by atoms with E-state index >= 15 is 0 Å². The number of methoxy groups -OCH3 is 1. The second-order valence-corrected chi connectivity index (χ2v) is 4.21. The van der Waals surface area contributed by atoms with E-state index in [4.69, 9.17) is 9.47 Å². The Labute approximate surface area is 115 Å². The normalized spacial score (nSPS) is 11.1. The van der Waals surface area contributed by atoms with Gasteiger partial charge in [0, 0.05) is 24.1 Å². The summed E-state index contributed by atoms with van der Waals surface area (Å²) in [6, 6.07) is 7.39. The third-order valence-corrected chi connectivity index (χ3v) is 2.84. The van der Waals surface area contributed by atoms with E-state index in [1.54, 1.807) is 14.2 Å². The van der Waals surface area contributed by atoms with Crippen LogP contribution in [0.15, 0.2) is 24.3 Å². The van der Waals surface area contributed by atoms with Crippen molar-refractivity contribution in [3.63, 3.8) is 0 Å². The molecule has 0 spiro atoms. The molecule has 0 radical (unpaired) electrons. The van der Waals surface area contributed by atoms with Crippen molar-refractivity contribution in [2.45, 2.75) is 13.0 Å². The molecular formula is C14H16F2N2O2. The maximum Gasteiger partial charge on any atom is 0.261 e. The summed E-state index contributed by atoms with van der Waals surface area (Å²) in [5.74, 6) is 1.33. The SMILES string of the molecule is CNc1nc2cc(OC)ccc2cc1COCC(F)F. The third kappa shape index (κ3) is 3.33. The molecule has 4 nitrogen and oxygen atoms in total. The number of anilines is 1. The van der Waals surface area contributed by atoms with Gasteiger partial charge in [-0.2, -0.15) is 0 Å². The van der Waals surface area contributed by atoms with E-state index in [0.29, 0.717) is 11.6 Å². The molecule has 0 aliphatic carbocycles. The van der Waals surface area contributed by atoms with Gasteiger partial charge in [0.1, 0.15) is 18.2 Å². The molecule has 0 bridgehead atoms. The Balaban J connectivity index is 2.29. The smallest absolute Gasteiger partial charge is 0.261 e. The van der Waals surface area contributed by atoms with Crippen LogP contribution in [0.25, 0.3) is 10.9 Å². The number of alkyl halides is 2. The predicted molar refractivity (Wildman–Crippen MR) is 73.5 cm³/mol. The molecule has 0 aliphatic heterocycles. The summed E-state index contributed by atoms with van der Waals surface area (Å²) in [5, 5.41) is 3.85. The summed E-state index contributed by atoms with van der Waals surface area (Å²) in [7, 11) is 3.32. The number of hydrogen-bond donors (Lipinski definition) is 1. The number of rotatable bonds is 6. The van der Waals surface area contributed by atoms with E-state index < -0.39 is 13.0 Å². The molecule has 0 saturated carbocycles. The first-order chi connectivity index (χ1) is 9.63. The minimum absolute atomic E-state index is 0.0927. The molecule has 0 aliphatic rings. The monoisotopic (exact) mass is 282 g/mol. The lowest BCUT2D eigenvalue weighted by Gasteiger charge is -2.11. The first-order valence-corrected chi connectivity index (χ1v) is 6.15. The summed E-state index contributed by atoms with van der Waals surface area (Å²) in [6.45, 7) is -0.487. The summed E-state index contributed by atoms with van der Waals surface area (Å²) in [5.41, 5.74) is 1.51. The molecule has 0 saturated heterocycles. The number of benzene rings is 1. The van der Waals surface area contributed by atoms with Gasteiger partial charge in [-0.25, -0.2) is 13.8 Å². The Kier molecular flexibility index (Phi) is 4.68. The number of ether oxygens (including phenoxy) is 2. The average molecular weight is 282 g/mol. The zero-order chi connectivity index (χ0) is 14.5. The lowest BCUT2D eigenvalue weighted by atomic mass is 10.1. The molecule has 0 fully saturated rings. The van der Waals surface area contributed by atoms with Crippen LogP contribution in [0.1, 0.15) is 5.56 Å². The van der Waals surface area contributed by atoms with Crippen molar-refractivity contribution < 1.29 is 18.3 Å². The molecule has 6 heteroatoms.